The summed E-state index contributed by atoms with van der Waals surface area (Å²) in [6, 6.07) is 9.05. The summed E-state index contributed by atoms with van der Waals surface area (Å²) in [4.78, 5) is 26.3. The molecule has 0 spiro atoms. The minimum atomic E-state index is -0.168. The van der Waals surface area contributed by atoms with Crippen molar-refractivity contribution in [2.45, 2.75) is 13.3 Å². The maximum Gasteiger partial charge on any atom is 0.260 e. The first kappa shape index (κ1) is 17.2. The molecule has 0 saturated heterocycles. The van der Waals surface area contributed by atoms with Crippen LogP contribution < -0.4 is 5.56 Å². The van der Waals surface area contributed by atoms with Gasteiger partial charge in [-0.15, -0.1) is 11.3 Å². The predicted octanol–water partition coefficient (Wildman–Crippen LogP) is 5.58. The van der Waals surface area contributed by atoms with E-state index in [1.165, 1.54) is 11.3 Å². The fraction of sp³-hybridized carbons (Fsp3) is 0.105. The molecule has 0 saturated carbocycles. The Bertz CT molecular complexity index is 1170. The van der Waals surface area contributed by atoms with Gasteiger partial charge in [0.05, 0.1) is 15.4 Å². The zero-order chi connectivity index (χ0) is 18.3. The molecule has 0 bridgehead atoms. The summed E-state index contributed by atoms with van der Waals surface area (Å²) >= 11 is 13.8. The Labute approximate surface area is 163 Å². The topological polar surface area (TPSA) is 58.6 Å². The van der Waals surface area contributed by atoms with Gasteiger partial charge in [-0.05, 0) is 36.2 Å². The average molecular weight is 402 g/mol. The fourth-order valence-corrected chi connectivity index (χ4v) is 4.34. The quantitative estimate of drug-likeness (QED) is 0.487. The van der Waals surface area contributed by atoms with E-state index in [1.807, 2.05) is 18.2 Å². The van der Waals surface area contributed by atoms with Crippen molar-refractivity contribution in [3.8, 4) is 22.5 Å². The van der Waals surface area contributed by atoms with Gasteiger partial charge in [-0.2, -0.15) is 0 Å². The van der Waals surface area contributed by atoms with Gasteiger partial charge in [0.25, 0.3) is 5.56 Å². The van der Waals surface area contributed by atoms with Gasteiger partial charge in [0.1, 0.15) is 10.7 Å². The molecule has 0 fully saturated rings. The van der Waals surface area contributed by atoms with Crippen molar-refractivity contribution >= 4 is 44.8 Å². The van der Waals surface area contributed by atoms with Crippen molar-refractivity contribution in [3.05, 3.63) is 68.0 Å². The zero-order valence-corrected chi connectivity index (χ0v) is 16.0. The molecular formula is C19H13Cl2N3OS. The van der Waals surface area contributed by atoms with Gasteiger partial charge in [-0.1, -0.05) is 36.2 Å². The van der Waals surface area contributed by atoms with E-state index < -0.39 is 0 Å². The number of aromatic amines is 1. The number of fused-ring (bicyclic) bond motifs is 1. The van der Waals surface area contributed by atoms with Crippen LogP contribution in [-0.4, -0.2) is 15.0 Å². The van der Waals surface area contributed by atoms with Gasteiger partial charge in [0, 0.05) is 28.4 Å². The number of nitrogens with one attached hydrogen (secondary N) is 1. The molecule has 0 radical (unpaired) electrons. The first-order valence-corrected chi connectivity index (χ1v) is 9.57. The molecular weight excluding hydrogens is 389 g/mol. The number of hydrogen-bond acceptors (Lipinski definition) is 4. The Morgan fingerprint density at radius 1 is 1.08 bits per heavy atom. The van der Waals surface area contributed by atoms with Gasteiger partial charge >= 0.3 is 0 Å². The average Bonchev–Trinajstić information content (AvgIpc) is 3.04. The summed E-state index contributed by atoms with van der Waals surface area (Å²) < 4.78 is 0. The van der Waals surface area contributed by atoms with E-state index in [4.69, 9.17) is 23.2 Å². The lowest BCUT2D eigenvalue weighted by atomic mass is 10.0. The number of hydrogen-bond donors (Lipinski definition) is 1. The molecule has 7 heteroatoms. The summed E-state index contributed by atoms with van der Waals surface area (Å²) in [5.41, 5.74) is 2.40. The van der Waals surface area contributed by atoms with Crippen LogP contribution in [-0.2, 0) is 6.42 Å². The Kier molecular flexibility index (Phi) is 4.53. The van der Waals surface area contributed by atoms with Gasteiger partial charge in [0.2, 0.25) is 0 Å². The SMILES string of the molecule is CCc1sc2nc(-c3ccncc3)[nH]c(=O)c2c1-c1ccc(Cl)c(Cl)c1. The van der Waals surface area contributed by atoms with Crippen LogP contribution in [0, 0.1) is 0 Å². The predicted molar refractivity (Wildman–Crippen MR) is 108 cm³/mol. The number of aromatic nitrogens is 3. The smallest absolute Gasteiger partial charge is 0.260 e. The molecule has 26 heavy (non-hydrogen) atoms. The number of nitrogens with zero attached hydrogens (tertiary/aromatic N) is 2. The molecule has 4 rings (SSSR count). The number of halogens is 2. The number of thiophene rings is 1. The Morgan fingerprint density at radius 2 is 1.85 bits per heavy atom. The Morgan fingerprint density at radius 3 is 2.54 bits per heavy atom. The van der Waals surface area contributed by atoms with Crippen molar-refractivity contribution in [2.75, 3.05) is 0 Å². The highest BCUT2D eigenvalue weighted by Crippen LogP contribution is 2.39. The lowest BCUT2D eigenvalue weighted by Gasteiger charge is -2.05. The molecule has 1 aromatic carbocycles. The molecule has 0 aliphatic carbocycles. The second kappa shape index (κ2) is 6.83. The van der Waals surface area contributed by atoms with Gasteiger partial charge in [-0.25, -0.2) is 4.98 Å². The van der Waals surface area contributed by atoms with Gasteiger partial charge in [-0.3, -0.25) is 9.78 Å². The number of aryl methyl sites for hydroxylation is 1. The summed E-state index contributed by atoms with van der Waals surface area (Å²) in [5.74, 6) is 0.537. The number of rotatable bonds is 3. The maximum atomic E-state index is 12.9. The van der Waals surface area contributed by atoms with Crippen molar-refractivity contribution in [1.29, 1.82) is 0 Å². The highest BCUT2D eigenvalue weighted by Gasteiger charge is 2.19. The number of H-pyrrole nitrogens is 1. The third-order valence-electron chi connectivity index (χ3n) is 4.12. The lowest BCUT2D eigenvalue weighted by molar-refractivity contribution is 1.17. The standard InChI is InChI=1S/C19H13Cl2N3OS/c1-2-14-15(11-3-4-12(20)13(21)9-11)16-18(25)23-17(24-19(16)26-14)10-5-7-22-8-6-10/h3-9H,2H2,1H3,(H,23,24,25). The van der Waals surface area contributed by atoms with E-state index in [2.05, 4.69) is 21.9 Å². The number of pyridine rings is 1. The van der Waals surface area contributed by atoms with Crippen molar-refractivity contribution in [1.82, 2.24) is 15.0 Å². The molecule has 0 amide bonds. The molecule has 1 N–H and O–H groups in total. The molecule has 0 aliphatic heterocycles. The van der Waals surface area contributed by atoms with Crippen molar-refractivity contribution in [2.24, 2.45) is 0 Å². The van der Waals surface area contributed by atoms with E-state index in [-0.39, 0.29) is 5.56 Å². The Hall–Kier alpha value is -2.21. The lowest BCUT2D eigenvalue weighted by Crippen LogP contribution is -2.09. The van der Waals surface area contributed by atoms with Crippen LogP contribution in [0.1, 0.15) is 11.8 Å². The third-order valence-corrected chi connectivity index (χ3v) is 6.09. The van der Waals surface area contributed by atoms with Crippen LogP contribution >= 0.6 is 34.5 Å². The Balaban J connectivity index is 1.99. The molecule has 4 aromatic rings. The molecule has 3 heterocycles. The van der Waals surface area contributed by atoms with Crippen LogP contribution in [0.5, 0.6) is 0 Å². The van der Waals surface area contributed by atoms with Crippen molar-refractivity contribution < 1.29 is 0 Å². The molecule has 0 atom stereocenters. The van der Waals surface area contributed by atoms with E-state index >= 15 is 0 Å². The minimum Gasteiger partial charge on any atom is -0.306 e. The van der Waals surface area contributed by atoms with Crippen LogP contribution in [0.4, 0.5) is 0 Å². The highest BCUT2D eigenvalue weighted by atomic mass is 35.5. The first-order chi connectivity index (χ1) is 12.6. The largest absolute Gasteiger partial charge is 0.306 e. The van der Waals surface area contributed by atoms with Gasteiger partial charge < -0.3 is 4.98 Å². The van der Waals surface area contributed by atoms with E-state index in [9.17, 15) is 4.79 Å². The van der Waals surface area contributed by atoms with Crippen LogP contribution in [0.3, 0.4) is 0 Å². The summed E-state index contributed by atoms with van der Waals surface area (Å²) in [7, 11) is 0. The normalized spacial score (nSPS) is 11.2. The van der Waals surface area contributed by atoms with E-state index in [1.54, 1.807) is 24.5 Å². The monoisotopic (exact) mass is 401 g/mol. The molecule has 0 unspecified atom stereocenters. The molecule has 0 aliphatic rings. The second-order valence-corrected chi connectivity index (χ2v) is 7.61. The molecule has 130 valence electrons. The third kappa shape index (κ3) is 2.92. The van der Waals surface area contributed by atoms with Gasteiger partial charge in [0.15, 0.2) is 0 Å². The van der Waals surface area contributed by atoms with Crippen LogP contribution in [0.25, 0.3) is 32.7 Å². The molecule has 4 nitrogen and oxygen atoms in total. The van der Waals surface area contributed by atoms with Crippen LogP contribution in [0.15, 0.2) is 47.5 Å². The minimum absolute atomic E-state index is 0.168. The van der Waals surface area contributed by atoms with Crippen LogP contribution in [0.2, 0.25) is 10.0 Å². The van der Waals surface area contributed by atoms with Crippen molar-refractivity contribution in [3.63, 3.8) is 0 Å². The zero-order valence-electron chi connectivity index (χ0n) is 13.7. The van der Waals surface area contributed by atoms with E-state index in [0.29, 0.717) is 26.1 Å². The summed E-state index contributed by atoms with van der Waals surface area (Å²) in [6.45, 7) is 2.06. The second-order valence-electron chi connectivity index (χ2n) is 5.71. The first-order valence-electron chi connectivity index (χ1n) is 8.00. The summed E-state index contributed by atoms with van der Waals surface area (Å²) in [6.07, 6.45) is 4.14. The highest BCUT2D eigenvalue weighted by molar-refractivity contribution is 7.19. The summed E-state index contributed by atoms with van der Waals surface area (Å²) in [5, 5.41) is 1.53. The fourth-order valence-electron chi connectivity index (χ4n) is 2.91. The number of benzene rings is 1. The van der Waals surface area contributed by atoms with E-state index in [0.717, 1.165) is 28.0 Å². The molecule has 3 aromatic heterocycles. The maximum absolute atomic E-state index is 12.9.